The first-order valence-corrected chi connectivity index (χ1v) is 7.63. The highest BCUT2D eigenvalue weighted by Gasteiger charge is 2.27. The van der Waals surface area contributed by atoms with E-state index in [4.69, 9.17) is 0 Å². The van der Waals surface area contributed by atoms with Gasteiger partial charge in [0.1, 0.15) is 5.69 Å². The van der Waals surface area contributed by atoms with Crippen LogP contribution >= 0.6 is 0 Å². The summed E-state index contributed by atoms with van der Waals surface area (Å²) in [6.07, 6.45) is 8.07. The predicted molar refractivity (Wildman–Crippen MR) is 77.0 cm³/mol. The van der Waals surface area contributed by atoms with Crippen LogP contribution in [0.5, 0.6) is 0 Å². The van der Waals surface area contributed by atoms with E-state index < -0.39 is 0 Å². The molecule has 0 radical (unpaired) electrons. The van der Waals surface area contributed by atoms with Crippen molar-refractivity contribution in [3.63, 3.8) is 0 Å². The molecule has 0 spiro atoms. The Morgan fingerprint density at radius 2 is 2.27 bits per heavy atom. The molecule has 2 aromatic heterocycles. The van der Waals surface area contributed by atoms with Crippen molar-refractivity contribution < 1.29 is 9.42 Å². The number of rotatable bonds is 4. The van der Waals surface area contributed by atoms with E-state index in [1.807, 2.05) is 15.8 Å². The zero-order chi connectivity index (χ0) is 14.9. The van der Waals surface area contributed by atoms with Crippen molar-refractivity contribution in [2.24, 2.45) is 0 Å². The summed E-state index contributed by atoms with van der Waals surface area (Å²) in [6, 6.07) is 0.339. The second-order valence-corrected chi connectivity index (χ2v) is 5.90. The molecular formula is C14H18N6O2. The van der Waals surface area contributed by atoms with Crippen LogP contribution in [-0.4, -0.2) is 50.5 Å². The van der Waals surface area contributed by atoms with Crippen molar-refractivity contribution in [2.75, 3.05) is 24.5 Å². The van der Waals surface area contributed by atoms with Crippen LogP contribution in [0.4, 0.5) is 5.69 Å². The van der Waals surface area contributed by atoms with Gasteiger partial charge >= 0.3 is 0 Å². The monoisotopic (exact) mass is 302 g/mol. The van der Waals surface area contributed by atoms with Gasteiger partial charge in [0.2, 0.25) is 5.91 Å². The molecule has 4 rings (SSSR count). The molecule has 2 aliphatic heterocycles. The third-order valence-corrected chi connectivity index (χ3v) is 4.39. The average Bonchev–Trinajstić information content (AvgIpc) is 3.25. The van der Waals surface area contributed by atoms with E-state index in [-0.39, 0.29) is 5.91 Å². The summed E-state index contributed by atoms with van der Waals surface area (Å²) in [5, 5.41) is 11.9. The lowest BCUT2D eigenvalue weighted by Crippen LogP contribution is -2.23. The Bertz CT molecular complexity index is 652. The number of carbonyl (C=O) groups is 1. The number of hydrogen-bond donors (Lipinski definition) is 0. The second-order valence-electron chi connectivity index (χ2n) is 5.90. The molecule has 1 atom stereocenters. The highest BCUT2D eigenvalue weighted by molar-refractivity contribution is 5.95. The van der Waals surface area contributed by atoms with Crippen molar-refractivity contribution in [3.05, 3.63) is 24.3 Å². The van der Waals surface area contributed by atoms with Gasteiger partial charge in [0.15, 0.2) is 0 Å². The minimum Gasteiger partial charge on any atom is -0.309 e. The van der Waals surface area contributed by atoms with Crippen molar-refractivity contribution >= 4 is 11.6 Å². The fourth-order valence-electron chi connectivity index (χ4n) is 3.24. The number of nitrogens with zero attached hydrogens (tertiary/aromatic N) is 6. The van der Waals surface area contributed by atoms with Crippen molar-refractivity contribution in [1.82, 2.24) is 25.0 Å². The summed E-state index contributed by atoms with van der Waals surface area (Å²) in [6.45, 7) is 3.47. The number of hydrogen-bond acceptors (Lipinski definition) is 6. The molecule has 0 N–H and O–H groups in total. The molecule has 4 heterocycles. The molecule has 0 bridgehead atoms. The minimum atomic E-state index is 0.200. The molecule has 2 saturated heterocycles. The van der Waals surface area contributed by atoms with Crippen LogP contribution in [0.25, 0.3) is 0 Å². The van der Waals surface area contributed by atoms with E-state index in [0.29, 0.717) is 12.5 Å². The highest BCUT2D eigenvalue weighted by Crippen LogP contribution is 2.26. The Morgan fingerprint density at radius 1 is 1.32 bits per heavy atom. The second kappa shape index (κ2) is 5.53. The lowest BCUT2D eigenvalue weighted by atomic mass is 10.3. The Balaban J connectivity index is 1.41. The molecule has 22 heavy (non-hydrogen) atoms. The standard InChI is InChI=1S/C14H18N6O2/c21-14-2-1-4-19(14)13-7-15-20(10-13)12-3-5-18(9-12)8-11-6-16-22-17-11/h6-7,10,12H,1-5,8-9H2. The molecule has 0 saturated carbocycles. The largest absolute Gasteiger partial charge is 0.309 e. The van der Waals surface area contributed by atoms with Gasteiger partial charge < -0.3 is 4.90 Å². The molecule has 8 heteroatoms. The number of amides is 1. The van der Waals surface area contributed by atoms with Crippen LogP contribution in [0.3, 0.4) is 0 Å². The fraction of sp³-hybridized carbons (Fsp3) is 0.571. The van der Waals surface area contributed by atoms with Crippen LogP contribution in [0.2, 0.25) is 0 Å². The van der Waals surface area contributed by atoms with Crippen LogP contribution in [0, 0.1) is 0 Å². The van der Waals surface area contributed by atoms with Crippen LogP contribution in [-0.2, 0) is 11.3 Å². The van der Waals surface area contributed by atoms with Crippen molar-refractivity contribution in [3.8, 4) is 0 Å². The predicted octanol–water partition coefficient (Wildman–Crippen LogP) is 0.840. The van der Waals surface area contributed by atoms with E-state index in [0.717, 1.165) is 50.4 Å². The van der Waals surface area contributed by atoms with Gasteiger partial charge in [-0.1, -0.05) is 10.3 Å². The summed E-state index contributed by atoms with van der Waals surface area (Å²) < 4.78 is 6.61. The molecule has 1 amide bonds. The molecule has 0 aromatic carbocycles. The van der Waals surface area contributed by atoms with Gasteiger partial charge in [0.25, 0.3) is 0 Å². The van der Waals surface area contributed by atoms with E-state index in [9.17, 15) is 4.79 Å². The quantitative estimate of drug-likeness (QED) is 0.832. The Labute approximate surface area is 127 Å². The van der Waals surface area contributed by atoms with Gasteiger partial charge in [-0.25, -0.2) is 4.63 Å². The lowest BCUT2D eigenvalue weighted by molar-refractivity contribution is -0.117. The molecule has 2 aromatic rings. The number of carbonyl (C=O) groups excluding carboxylic acids is 1. The molecule has 0 aliphatic carbocycles. The molecule has 116 valence electrons. The first-order chi connectivity index (χ1) is 10.8. The van der Waals surface area contributed by atoms with Gasteiger partial charge in [0, 0.05) is 38.8 Å². The van der Waals surface area contributed by atoms with Crippen molar-refractivity contribution in [1.29, 1.82) is 0 Å². The van der Waals surface area contributed by atoms with Crippen molar-refractivity contribution in [2.45, 2.75) is 31.8 Å². The first kappa shape index (κ1) is 13.4. The van der Waals surface area contributed by atoms with Crippen LogP contribution in [0.15, 0.2) is 23.2 Å². The van der Waals surface area contributed by atoms with Gasteiger partial charge in [-0.15, -0.1) is 0 Å². The van der Waals surface area contributed by atoms with Crippen LogP contribution in [0.1, 0.15) is 31.0 Å². The maximum Gasteiger partial charge on any atom is 0.227 e. The van der Waals surface area contributed by atoms with E-state index in [2.05, 4.69) is 24.9 Å². The van der Waals surface area contributed by atoms with Gasteiger partial charge in [-0.05, 0) is 12.8 Å². The number of anilines is 1. The first-order valence-electron chi connectivity index (χ1n) is 7.63. The normalized spacial score (nSPS) is 22.8. The maximum absolute atomic E-state index is 11.8. The highest BCUT2D eigenvalue weighted by atomic mass is 16.6. The van der Waals surface area contributed by atoms with Gasteiger partial charge in [-0.3, -0.25) is 14.4 Å². The third kappa shape index (κ3) is 2.50. The van der Waals surface area contributed by atoms with Gasteiger partial charge in [0.05, 0.1) is 24.1 Å². The summed E-state index contributed by atoms with van der Waals surface area (Å²) in [5.74, 6) is 0.200. The molecule has 2 fully saturated rings. The summed E-state index contributed by atoms with van der Waals surface area (Å²) in [5.41, 5.74) is 1.77. The summed E-state index contributed by atoms with van der Waals surface area (Å²) in [4.78, 5) is 15.9. The molecule has 1 unspecified atom stereocenters. The Hall–Kier alpha value is -2.22. The zero-order valence-corrected chi connectivity index (χ0v) is 12.3. The van der Waals surface area contributed by atoms with Crippen LogP contribution < -0.4 is 4.90 Å². The lowest BCUT2D eigenvalue weighted by Gasteiger charge is -2.15. The topological polar surface area (TPSA) is 80.3 Å². The minimum absolute atomic E-state index is 0.200. The third-order valence-electron chi connectivity index (χ3n) is 4.39. The SMILES string of the molecule is O=C1CCCN1c1cnn(C2CCN(Cc3cnon3)C2)c1. The average molecular weight is 302 g/mol. The molecule has 2 aliphatic rings. The van der Waals surface area contributed by atoms with Gasteiger partial charge in [-0.2, -0.15) is 5.10 Å². The summed E-state index contributed by atoms with van der Waals surface area (Å²) >= 11 is 0. The smallest absolute Gasteiger partial charge is 0.227 e. The Kier molecular flexibility index (Phi) is 3.38. The van der Waals surface area contributed by atoms with E-state index in [1.54, 1.807) is 12.4 Å². The fourth-order valence-corrected chi connectivity index (χ4v) is 3.24. The van der Waals surface area contributed by atoms with E-state index in [1.165, 1.54) is 0 Å². The Morgan fingerprint density at radius 3 is 3.05 bits per heavy atom. The zero-order valence-electron chi connectivity index (χ0n) is 12.3. The molecular weight excluding hydrogens is 284 g/mol. The maximum atomic E-state index is 11.8. The van der Waals surface area contributed by atoms with E-state index >= 15 is 0 Å². The summed E-state index contributed by atoms with van der Waals surface area (Å²) in [7, 11) is 0. The molecule has 8 nitrogen and oxygen atoms in total. The number of likely N-dealkylation sites (tertiary alicyclic amines) is 1. The number of aromatic nitrogens is 4.